The second kappa shape index (κ2) is 2.83. The van der Waals surface area contributed by atoms with E-state index in [9.17, 15) is 9.90 Å². The number of aliphatic carboxylic acids is 1. The normalized spacial score (nSPS) is 21.1. The second-order valence-electron chi connectivity index (χ2n) is 4.36. The van der Waals surface area contributed by atoms with E-state index in [4.69, 9.17) is 4.74 Å². The van der Waals surface area contributed by atoms with E-state index in [-0.39, 0.29) is 0 Å². The first-order chi connectivity index (χ1) is 7.22. The zero-order valence-corrected chi connectivity index (χ0v) is 8.32. The average Bonchev–Trinajstić information content (AvgIpc) is 2.91. The second-order valence-corrected chi connectivity index (χ2v) is 4.36. The van der Waals surface area contributed by atoms with Crippen LogP contribution in [0.2, 0.25) is 0 Å². The largest absolute Gasteiger partial charge is 0.481 e. The van der Waals surface area contributed by atoms with Gasteiger partial charge in [0.25, 0.3) is 0 Å². The number of carboxylic acid groups (broad SMARTS) is 1. The smallest absolute Gasteiger partial charge is 0.314 e. The van der Waals surface area contributed by atoms with E-state index in [1.54, 1.807) is 0 Å². The topological polar surface area (TPSA) is 46.5 Å². The Balaban J connectivity index is 2.03. The Kier molecular flexibility index (Phi) is 1.68. The zero-order valence-electron chi connectivity index (χ0n) is 8.32. The lowest BCUT2D eigenvalue weighted by molar-refractivity contribution is -0.140. The van der Waals surface area contributed by atoms with Crippen molar-refractivity contribution in [1.29, 1.82) is 0 Å². The molecule has 3 heteroatoms. The molecule has 0 saturated heterocycles. The highest BCUT2D eigenvalue weighted by molar-refractivity contribution is 5.85. The lowest BCUT2D eigenvalue weighted by atomic mass is 9.93. The first-order valence-electron chi connectivity index (χ1n) is 5.16. The Morgan fingerprint density at radius 1 is 1.27 bits per heavy atom. The lowest BCUT2D eigenvalue weighted by Gasteiger charge is -2.11. The summed E-state index contributed by atoms with van der Waals surface area (Å²) in [6.45, 7) is 1.29. The van der Waals surface area contributed by atoms with E-state index in [2.05, 4.69) is 0 Å². The minimum absolute atomic E-state index is 0.586. The zero-order chi connectivity index (χ0) is 10.5. The van der Waals surface area contributed by atoms with Gasteiger partial charge in [0.15, 0.2) is 0 Å². The van der Waals surface area contributed by atoms with E-state index in [1.807, 2.05) is 18.2 Å². The predicted molar refractivity (Wildman–Crippen MR) is 53.5 cm³/mol. The van der Waals surface area contributed by atoms with Crippen LogP contribution in [0.15, 0.2) is 18.2 Å². The van der Waals surface area contributed by atoms with Crippen molar-refractivity contribution in [1.82, 2.24) is 0 Å². The maximum Gasteiger partial charge on any atom is 0.314 e. The van der Waals surface area contributed by atoms with Gasteiger partial charge in [-0.15, -0.1) is 0 Å². The fourth-order valence-corrected chi connectivity index (χ4v) is 2.22. The molecule has 1 N–H and O–H groups in total. The van der Waals surface area contributed by atoms with E-state index in [0.29, 0.717) is 13.2 Å². The summed E-state index contributed by atoms with van der Waals surface area (Å²) in [6, 6.07) is 5.94. The van der Waals surface area contributed by atoms with Gasteiger partial charge in [0.2, 0.25) is 0 Å². The molecule has 15 heavy (non-hydrogen) atoms. The number of benzene rings is 1. The summed E-state index contributed by atoms with van der Waals surface area (Å²) in [5.41, 5.74) is 2.71. The van der Waals surface area contributed by atoms with Gasteiger partial charge in [-0.3, -0.25) is 4.79 Å². The van der Waals surface area contributed by atoms with Crippen LogP contribution in [0.25, 0.3) is 0 Å². The molecule has 0 bridgehead atoms. The molecule has 1 saturated carbocycles. The van der Waals surface area contributed by atoms with Gasteiger partial charge in [-0.2, -0.15) is 0 Å². The van der Waals surface area contributed by atoms with Gasteiger partial charge in [0.1, 0.15) is 0 Å². The summed E-state index contributed by atoms with van der Waals surface area (Å²) in [6.07, 6.45) is 1.53. The average molecular weight is 204 g/mol. The van der Waals surface area contributed by atoms with Gasteiger partial charge in [-0.25, -0.2) is 0 Å². The molecule has 3 nitrogen and oxygen atoms in total. The van der Waals surface area contributed by atoms with Crippen molar-refractivity contribution in [3.05, 3.63) is 34.9 Å². The molecule has 2 aliphatic rings. The Hall–Kier alpha value is -1.35. The number of carbonyl (C=O) groups is 1. The predicted octanol–water partition coefficient (Wildman–Crippen LogP) is 1.83. The highest BCUT2D eigenvalue weighted by atomic mass is 16.5. The molecule has 1 heterocycles. The highest BCUT2D eigenvalue weighted by Gasteiger charge is 2.51. The van der Waals surface area contributed by atoms with Crippen molar-refractivity contribution < 1.29 is 14.6 Å². The number of rotatable bonds is 2. The third-order valence-electron chi connectivity index (χ3n) is 3.43. The van der Waals surface area contributed by atoms with Crippen molar-refractivity contribution in [2.24, 2.45) is 0 Å². The monoisotopic (exact) mass is 204 g/mol. The summed E-state index contributed by atoms with van der Waals surface area (Å²) in [5.74, 6) is -0.693. The van der Waals surface area contributed by atoms with E-state index in [0.717, 1.165) is 24.0 Å². The molecule has 78 valence electrons. The summed E-state index contributed by atoms with van der Waals surface area (Å²) in [4.78, 5) is 11.2. The number of fused-ring (bicyclic) bond motifs is 1. The molecule has 3 rings (SSSR count). The van der Waals surface area contributed by atoms with Gasteiger partial charge in [-0.1, -0.05) is 18.2 Å². The highest BCUT2D eigenvalue weighted by Crippen LogP contribution is 2.49. The van der Waals surface area contributed by atoms with Gasteiger partial charge in [-0.05, 0) is 29.5 Å². The maximum atomic E-state index is 11.2. The molecule has 0 radical (unpaired) electrons. The molecular weight excluding hydrogens is 192 g/mol. The minimum atomic E-state index is -0.693. The number of hydrogen-bond donors (Lipinski definition) is 1. The summed E-state index contributed by atoms with van der Waals surface area (Å²) in [7, 11) is 0. The van der Waals surface area contributed by atoms with Crippen LogP contribution in [-0.2, 0) is 28.2 Å². The molecule has 1 aromatic rings. The van der Waals surface area contributed by atoms with Crippen LogP contribution < -0.4 is 0 Å². The van der Waals surface area contributed by atoms with Crippen molar-refractivity contribution in [3.63, 3.8) is 0 Å². The van der Waals surface area contributed by atoms with Gasteiger partial charge in [0, 0.05) is 0 Å². The number of ether oxygens (including phenoxy) is 1. The third kappa shape index (κ3) is 1.20. The Morgan fingerprint density at radius 2 is 2.00 bits per heavy atom. The van der Waals surface area contributed by atoms with Crippen LogP contribution in [0.3, 0.4) is 0 Å². The van der Waals surface area contributed by atoms with E-state index in [1.165, 1.54) is 5.56 Å². The van der Waals surface area contributed by atoms with Gasteiger partial charge in [0.05, 0.1) is 18.6 Å². The first kappa shape index (κ1) is 8.92. The van der Waals surface area contributed by atoms with Crippen molar-refractivity contribution in [2.75, 3.05) is 0 Å². The Labute approximate surface area is 87.7 Å². The Bertz CT molecular complexity index is 432. The molecule has 1 aliphatic heterocycles. The molecule has 0 aromatic heterocycles. The number of hydrogen-bond acceptors (Lipinski definition) is 2. The van der Waals surface area contributed by atoms with Crippen LogP contribution in [0, 0.1) is 0 Å². The summed E-state index contributed by atoms with van der Waals surface area (Å²) in [5, 5.41) is 9.17. The van der Waals surface area contributed by atoms with E-state index >= 15 is 0 Å². The Morgan fingerprint density at radius 3 is 2.67 bits per heavy atom. The van der Waals surface area contributed by atoms with Crippen LogP contribution >= 0.6 is 0 Å². The molecule has 1 aromatic carbocycles. The first-order valence-corrected chi connectivity index (χ1v) is 5.16. The van der Waals surface area contributed by atoms with Gasteiger partial charge >= 0.3 is 5.97 Å². The van der Waals surface area contributed by atoms with Crippen molar-refractivity contribution in [3.8, 4) is 0 Å². The van der Waals surface area contributed by atoms with Crippen LogP contribution in [0.4, 0.5) is 0 Å². The number of carboxylic acids is 1. The van der Waals surface area contributed by atoms with Crippen molar-refractivity contribution >= 4 is 5.97 Å². The molecule has 1 aliphatic carbocycles. The van der Waals surface area contributed by atoms with Crippen LogP contribution in [-0.4, -0.2) is 11.1 Å². The fraction of sp³-hybridized carbons (Fsp3) is 0.417. The molecule has 0 atom stereocenters. The standard InChI is InChI=1S/C12H12O3/c13-11(14)12(3-4-12)10-2-1-8-6-15-7-9(8)5-10/h1-2,5H,3-4,6-7H2,(H,13,14). The molecule has 0 spiro atoms. The quantitative estimate of drug-likeness (QED) is 0.799. The maximum absolute atomic E-state index is 11.2. The molecule has 1 fully saturated rings. The minimum Gasteiger partial charge on any atom is -0.481 e. The van der Waals surface area contributed by atoms with E-state index < -0.39 is 11.4 Å². The van der Waals surface area contributed by atoms with Crippen LogP contribution in [0.5, 0.6) is 0 Å². The van der Waals surface area contributed by atoms with Gasteiger partial charge < -0.3 is 9.84 Å². The molecule has 0 unspecified atom stereocenters. The third-order valence-corrected chi connectivity index (χ3v) is 3.43. The van der Waals surface area contributed by atoms with Crippen LogP contribution in [0.1, 0.15) is 29.5 Å². The SMILES string of the molecule is O=C(O)C1(c2ccc3c(c2)COC3)CC1. The molecular formula is C12H12O3. The fourth-order valence-electron chi connectivity index (χ4n) is 2.22. The summed E-state index contributed by atoms with van der Waals surface area (Å²) < 4.78 is 5.32. The molecule has 0 amide bonds. The summed E-state index contributed by atoms with van der Waals surface area (Å²) >= 11 is 0. The lowest BCUT2D eigenvalue weighted by Crippen LogP contribution is -2.19. The van der Waals surface area contributed by atoms with Crippen molar-refractivity contribution in [2.45, 2.75) is 31.5 Å².